The normalized spacial score (nSPS) is 16.7. The summed E-state index contributed by atoms with van der Waals surface area (Å²) in [5.74, 6) is 1.86. The van der Waals surface area contributed by atoms with Gasteiger partial charge in [-0.15, -0.1) is 0 Å². The first-order valence-corrected chi connectivity index (χ1v) is 11.2. The van der Waals surface area contributed by atoms with Crippen molar-refractivity contribution in [3.05, 3.63) is 96.3 Å². The van der Waals surface area contributed by atoms with Crippen molar-refractivity contribution in [2.24, 2.45) is 0 Å². The highest BCUT2D eigenvalue weighted by molar-refractivity contribution is 5.91. The van der Waals surface area contributed by atoms with Gasteiger partial charge in [0.1, 0.15) is 6.17 Å². The molecule has 2 aliphatic rings. The van der Waals surface area contributed by atoms with Gasteiger partial charge in [-0.25, -0.2) is 9.97 Å². The molecular formula is C28H26N4. The van der Waals surface area contributed by atoms with E-state index in [2.05, 4.69) is 103 Å². The summed E-state index contributed by atoms with van der Waals surface area (Å²) >= 11 is 0. The van der Waals surface area contributed by atoms with Crippen molar-refractivity contribution in [2.75, 3.05) is 9.80 Å². The molecule has 1 aromatic heterocycles. The van der Waals surface area contributed by atoms with Crippen LogP contribution in [0.25, 0.3) is 11.1 Å². The van der Waals surface area contributed by atoms with Gasteiger partial charge in [0.25, 0.3) is 0 Å². The van der Waals surface area contributed by atoms with Crippen molar-refractivity contribution in [1.29, 1.82) is 0 Å². The lowest BCUT2D eigenvalue weighted by atomic mass is 9.86. The number of hydrogen-bond acceptors (Lipinski definition) is 4. The standard InChI is InChI=1S/C28H26N4/c1-28(2,3)21-13-14-23-20(17-21)18-25-31(23)26-27(30-16-15-29-26)32(25)24-12-8-7-11-22(24)19-9-5-4-6-10-19/h4-17,25H,18H2,1-3H3. The van der Waals surface area contributed by atoms with E-state index in [-0.39, 0.29) is 11.6 Å². The smallest absolute Gasteiger partial charge is 0.178 e. The van der Waals surface area contributed by atoms with E-state index in [1.165, 1.54) is 27.9 Å². The molecule has 0 saturated heterocycles. The van der Waals surface area contributed by atoms with E-state index < -0.39 is 0 Å². The topological polar surface area (TPSA) is 32.3 Å². The first kappa shape index (κ1) is 19.1. The van der Waals surface area contributed by atoms with Gasteiger partial charge in [0, 0.05) is 30.1 Å². The highest BCUT2D eigenvalue weighted by Gasteiger charge is 2.45. The molecule has 0 amide bonds. The Hall–Kier alpha value is -3.66. The summed E-state index contributed by atoms with van der Waals surface area (Å²) in [6.07, 6.45) is 4.65. The van der Waals surface area contributed by atoms with Crippen molar-refractivity contribution in [3.63, 3.8) is 0 Å². The van der Waals surface area contributed by atoms with Crippen molar-refractivity contribution in [1.82, 2.24) is 9.97 Å². The monoisotopic (exact) mass is 418 g/mol. The fourth-order valence-electron chi connectivity index (χ4n) is 4.99. The van der Waals surface area contributed by atoms with E-state index in [9.17, 15) is 0 Å². The van der Waals surface area contributed by atoms with Crippen molar-refractivity contribution in [2.45, 2.75) is 38.8 Å². The Kier molecular flexibility index (Phi) is 4.12. The summed E-state index contributed by atoms with van der Waals surface area (Å²) in [6.45, 7) is 6.82. The second kappa shape index (κ2) is 6.92. The summed E-state index contributed by atoms with van der Waals surface area (Å²) in [6, 6.07) is 26.1. The van der Waals surface area contributed by atoms with Crippen LogP contribution >= 0.6 is 0 Å². The van der Waals surface area contributed by atoms with Gasteiger partial charge in [0.15, 0.2) is 11.6 Å². The van der Waals surface area contributed by atoms with Crippen molar-refractivity contribution in [3.8, 4) is 11.1 Å². The lowest BCUT2D eigenvalue weighted by Gasteiger charge is -2.28. The van der Waals surface area contributed by atoms with E-state index in [4.69, 9.17) is 9.97 Å². The summed E-state index contributed by atoms with van der Waals surface area (Å²) in [5.41, 5.74) is 7.69. The quantitative estimate of drug-likeness (QED) is 0.366. The summed E-state index contributed by atoms with van der Waals surface area (Å²) < 4.78 is 0. The predicted octanol–water partition coefficient (Wildman–Crippen LogP) is 6.61. The molecule has 3 aromatic carbocycles. The summed E-state index contributed by atoms with van der Waals surface area (Å²) in [4.78, 5) is 14.3. The first-order valence-electron chi connectivity index (χ1n) is 11.2. The van der Waals surface area contributed by atoms with Crippen LogP contribution in [-0.2, 0) is 11.8 Å². The van der Waals surface area contributed by atoms with Gasteiger partial charge in [0.05, 0.1) is 5.69 Å². The van der Waals surface area contributed by atoms with Gasteiger partial charge >= 0.3 is 0 Å². The molecule has 0 saturated carbocycles. The predicted molar refractivity (Wildman–Crippen MR) is 131 cm³/mol. The average Bonchev–Trinajstić information content (AvgIpc) is 3.33. The highest BCUT2D eigenvalue weighted by atomic mass is 15.5. The Morgan fingerprint density at radius 3 is 2.12 bits per heavy atom. The highest BCUT2D eigenvalue weighted by Crippen LogP contribution is 2.52. The van der Waals surface area contributed by atoms with Gasteiger partial charge in [-0.05, 0) is 34.2 Å². The SMILES string of the molecule is CC(C)(C)c1ccc2c(c1)CC1N2c2nccnc2N1c1ccccc1-c1ccccc1. The second-order valence-corrected chi connectivity index (χ2v) is 9.60. The van der Waals surface area contributed by atoms with Crippen LogP contribution < -0.4 is 9.80 Å². The fourth-order valence-corrected chi connectivity index (χ4v) is 4.99. The lowest BCUT2D eigenvalue weighted by molar-refractivity contribution is 0.589. The molecule has 3 heterocycles. The molecule has 4 nitrogen and oxygen atoms in total. The molecule has 0 fully saturated rings. The molecule has 1 unspecified atom stereocenters. The molecule has 158 valence electrons. The maximum atomic E-state index is 4.79. The van der Waals surface area contributed by atoms with Crippen LogP contribution in [0.4, 0.5) is 23.0 Å². The molecule has 0 spiro atoms. The van der Waals surface area contributed by atoms with Gasteiger partial charge < -0.3 is 9.80 Å². The number of hydrogen-bond donors (Lipinski definition) is 0. The van der Waals surface area contributed by atoms with Gasteiger partial charge in [-0.3, -0.25) is 0 Å². The lowest BCUT2D eigenvalue weighted by Crippen LogP contribution is -2.36. The molecule has 32 heavy (non-hydrogen) atoms. The summed E-state index contributed by atoms with van der Waals surface area (Å²) in [7, 11) is 0. The van der Waals surface area contributed by atoms with Crippen LogP contribution in [0.1, 0.15) is 31.9 Å². The second-order valence-electron chi connectivity index (χ2n) is 9.60. The van der Waals surface area contributed by atoms with Crippen LogP contribution in [0.5, 0.6) is 0 Å². The molecule has 0 bridgehead atoms. The number of benzene rings is 3. The van der Waals surface area contributed by atoms with Crippen molar-refractivity contribution >= 4 is 23.0 Å². The Balaban J connectivity index is 1.52. The van der Waals surface area contributed by atoms with Crippen LogP contribution in [0.2, 0.25) is 0 Å². The van der Waals surface area contributed by atoms with Gasteiger partial charge in [-0.1, -0.05) is 81.4 Å². The minimum Gasteiger partial charge on any atom is -0.301 e. The molecule has 6 rings (SSSR count). The molecule has 0 aliphatic carbocycles. The number of anilines is 4. The Morgan fingerprint density at radius 1 is 0.750 bits per heavy atom. The zero-order valence-electron chi connectivity index (χ0n) is 18.7. The minimum atomic E-state index is 0.124. The van der Waals surface area contributed by atoms with Gasteiger partial charge in [0.2, 0.25) is 0 Å². The molecule has 0 radical (unpaired) electrons. The zero-order valence-corrected chi connectivity index (χ0v) is 18.7. The van der Waals surface area contributed by atoms with E-state index in [1.54, 1.807) is 12.4 Å². The third-order valence-electron chi connectivity index (χ3n) is 6.57. The van der Waals surface area contributed by atoms with E-state index >= 15 is 0 Å². The maximum absolute atomic E-state index is 4.79. The zero-order chi connectivity index (χ0) is 21.9. The van der Waals surface area contributed by atoms with Crippen LogP contribution in [0.3, 0.4) is 0 Å². The minimum absolute atomic E-state index is 0.124. The number of rotatable bonds is 2. The first-order chi connectivity index (χ1) is 15.5. The average molecular weight is 419 g/mol. The molecular weight excluding hydrogens is 392 g/mol. The number of para-hydroxylation sites is 1. The van der Waals surface area contributed by atoms with Crippen molar-refractivity contribution < 1.29 is 0 Å². The van der Waals surface area contributed by atoms with Crippen LogP contribution in [-0.4, -0.2) is 16.1 Å². The van der Waals surface area contributed by atoms with E-state index in [0.29, 0.717) is 0 Å². The number of nitrogens with zero attached hydrogens (tertiary/aromatic N) is 4. The Bertz CT molecular complexity index is 1310. The number of aromatic nitrogens is 2. The molecule has 1 atom stereocenters. The largest absolute Gasteiger partial charge is 0.301 e. The Labute approximate surface area is 189 Å². The van der Waals surface area contributed by atoms with Gasteiger partial charge in [-0.2, -0.15) is 0 Å². The summed E-state index contributed by atoms with van der Waals surface area (Å²) in [5, 5.41) is 0. The molecule has 2 aliphatic heterocycles. The Morgan fingerprint density at radius 2 is 1.41 bits per heavy atom. The third-order valence-corrected chi connectivity index (χ3v) is 6.57. The fraction of sp³-hybridized carbons (Fsp3) is 0.214. The molecule has 0 N–H and O–H groups in total. The van der Waals surface area contributed by atoms with Crippen LogP contribution in [0, 0.1) is 0 Å². The third kappa shape index (κ3) is 2.83. The molecule has 4 heteroatoms. The van der Waals surface area contributed by atoms with E-state index in [0.717, 1.165) is 23.7 Å². The maximum Gasteiger partial charge on any atom is 0.178 e. The van der Waals surface area contributed by atoms with Crippen LogP contribution in [0.15, 0.2) is 85.2 Å². The number of fused-ring (bicyclic) bond motifs is 5. The molecule has 4 aromatic rings. The van der Waals surface area contributed by atoms with E-state index in [1.807, 2.05) is 0 Å².